The molecule has 0 saturated carbocycles. The molecule has 22 heavy (non-hydrogen) atoms. The van der Waals surface area contributed by atoms with Gasteiger partial charge in [-0.3, -0.25) is 0 Å². The molecule has 0 atom stereocenters. The van der Waals surface area contributed by atoms with Crippen molar-refractivity contribution in [2.45, 2.75) is 23.6 Å². The van der Waals surface area contributed by atoms with Gasteiger partial charge in [0.1, 0.15) is 10.6 Å². The maximum Gasteiger partial charge on any atom is 0.339 e. The second-order valence-electron chi connectivity index (χ2n) is 4.88. The number of benzene rings is 2. The first-order valence-electron chi connectivity index (χ1n) is 6.23. The molecule has 0 aliphatic rings. The lowest BCUT2D eigenvalue weighted by molar-refractivity contribution is 0.485. The van der Waals surface area contributed by atoms with E-state index in [1.165, 1.54) is 0 Å². The number of aryl methyl sites for hydroxylation is 2. The first kappa shape index (κ1) is 16.5. The lowest BCUT2D eigenvalue weighted by Gasteiger charge is -2.09. The molecule has 0 bridgehead atoms. The van der Waals surface area contributed by atoms with Crippen LogP contribution in [0.25, 0.3) is 0 Å². The Kier molecular flexibility index (Phi) is 4.28. The molecule has 0 spiro atoms. The Labute approximate surface area is 129 Å². The maximum absolute atomic E-state index is 12.2. The van der Waals surface area contributed by atoms with Crippen LogP contribution >= 0.6 is 0 Å². The zero-order valence-corrected chi connectivity index (χ0v) is 13.6. The van der Waals surface area contributed by atoms with Gasteiger partial charge in [-0.05, 0) is 61.4 Å². The molecule has 2 aromatic carbocycles. The fourth-order valence-corrected chi connectivity index (χ4v) is 3.38. The first-order chi connectivity index (χ1) is 10.1. The van der Waals surface area contributed by atoms with Crippen molar-refractivity contribution < 1.29 is 21.0 Å². The minimum absolute atomic E-state index is 0.154. The van der Waals surface area contributed by atoms with E-state index < -0.39 is 20.1 Å². The lowest BCUT2D eigenvalue weighted by atomic mass is 10.1. The second kappa shape index (κ2) is 5.71. The number of rotatable bonds is 4. The summed E-state index contributed by atoms with van der Waals surface area (Å²) in [6.45, 7) is 3.65. The number of hydrogen-bond acceptors (Lipinski definition) is 5. The average molecular weight is 341 g/mol. The highest BCUT2D eigenvalue weighted by atomic mass is 32.2. The van der Waals surface area contributed by atoms with Gasteiger partial charge in [0.15, 0.2) is 0 Å². The average Bonchev–Trinajstić information content (AvgIpc) is 2.36. The van der Waals surface area contributed by atoms with E-state index in [1.54, 1.807) is 12.1 Å². The molecule has 0 heterocycles. The van der Waals surface area contributed by atoms with Crippen LogP contribution in [0.2, 0.25) is 0 Å². The van der Waals surface area contributed by atoms with Gasteiger partial charge in [0.25, 0.3) is 0 Å². The second-order valence-corrected chi connectivity index (χ2v) is 7.99. The van der Waals surface area contributed by atoms with E-state index in [4.69, 9.17) is 9.32 Å². The Morgan fingerprint density at radius 2 is 1.27 bits per heavy atom. The van der Waals surface area contributed by atoms with Crippen LogP contribution in [-0.4, -0.2) is 16.8 Å². The van der Waals surface area contributed by atoms with Gasteiger partial charge in [-0.15, -0.1) is 0 Å². The fourth-order valence-electron chi connectivity index (χ4n) is 1.95. The number of nitrogens with two attached hydrogens (primary N) is 1. The van der Waals surface area contributed by atoms with Crippen molar-refractivity contribution >= 4 is 20.1 Å². The largest absolute Gasteiger partial charge is 0.379 e. The third-order valence-corrected chi connectivity index (χ3v) is 5.03. The highest BCUT2D eigenvalue weighted by Crippen LogP contribution is 2.22. The normalized spacial score (nSPS) is 12.1. The summed E-state index contributed by atoms with van der Waals surface area (Å²) in [6, 6.07) is 9.60. The molecule has 0 unspecified atom stereocenters. The Morgan fingerprint density at radius 1 is 0.818 bits per heavy atom. The summed E-state index contributed by atoms with van der Waals surface area (Å²) in [5, 5.41) is 4.96. The van der Waals surface area contributed by atoms with Crippen molar-refractivity contribution in [3.8, 4) is 5.75 Å². The topological polar surface area (TPSA) is 104 Å². The predicted molar refractivity (Wildman–Crippen MR) is 81.5 cm³/mol. The van der Waals surface area contributed by atoms with E-state index in [-0.39, 0.29) is 15.5 Å². The Hall–Kier alpha value is -1.90. The van der Waals surface area contributed by atoms with Crippen molar-refractivity contribution in [3.05, 3.63) is 53.6 Å². The van der Waals surface area contributed by atoms with E-state index in [1.807, 2.05) is 19.9 Å². The van der Waals surface area contributed by atoms with E-state index in [0.717, 1.165) is 35.4 Å². The van der Waals surface area contributed by atoms with Gasteiger partial charge < -0.3 is 4.18 Å². The molecule has 0 saturated heterocycles. The van der Waals surface area contributed by atoms with E-state index in [0.29, 0.717) is 0 Å². The van der Waals surface area contributed by atoms with Crippen LogP contribution in [0.4, 0.5) is 0 Å². The molecule has 2 aromatic rings. The molecule has 0 fully saturated rings. The summed E-state index contributed by atoms with van der Waals surface area (Å²) in [6.07, 6.45) is 0. The van der Waals surface area contributed by atoms with Gasteiger partial charge in [0.05, 0.1) is 4.90 Å². The highest BCUT2D eigenvalue weighted by molar-refractivity contribution is 7.89. The van der Waals surface area contributed by atoms with Crippen LogP contribution in [0, 0.1) is 13.8 Å². The van der Waals surface area contributed by atoms with E-state index in [9.17, 15) is 16.8 Å². The summed E-state index contributed by atoms with van der Waals surface area (Å²) in [4.78, 5) is -0.322. The monoisotopic (exact) mass is 341 g/mol. The molecule has 0 aliphatic heterocycles. The Balaban J connectivity index is 2.34. The molecule has 0 amide bonds. The number of primary sulfonamides is 1. The predicted octanol–water partition coefficient (Wildman–Crippen LogP) is 1.72. The standard InChI is InChI=1S/C14H15NO5S2/c1-10-7-11(2)9-12(8-10)20-22(18,19)14-5-3-13(4-6-14)21(15,16)17/h3-9H,1-2H3,(H2,15,16,17). The van der Waals surface area contributed by atoms with Gasteiger partial charge in [-0.2, -0.15) is 8.42 Å². The van der Waals surface area contributed by atoms with Crippen LogP contribution in [0.1, 0.15) is 11.1 Å². The highest BCUT2D eigenvalue weighted by Gasteiger charge is 2.18. The molecule has 118 valence electrons. The fraction of sp³-hybridized carbons (Fsp3) is 0.143. The summed E-state index contributed by atoms with van der Waals surface area (Å²) in [7, 11) is -7.92. The van der Waals surface area contributed by atoms with Crippen LogP contribution in [0.3, 0.4) is 0 Å². The molecule has 0 radical (unpaired) electrons. The van der Waals surface area contributed by atoms with Gasteiger partial charge in [-0.1, -0.05) is 6.07 Å². The van der Waals surface area contributed by atoms with E-state index >= 15 is 0 Å². The van der Waals surface area contributed by atoms with Crippen LogP contribution in [0.15, 0.2) is 52.3 Å². The Bertz CT molecular complexity index is 880. The third-order valence-electron chi connectivity index (χ3n) is 2.84. The van der Waals surface area contributed by atoms with Crippen molar-refractivity contribution in [1.82, 2.24) is 0 Å². The van der Waals surface area contributed by atoms with Gasteiger partial charge >= 0.3 is 10.1 Å². The van der Waals surface area contributed by atoms with Gasteiger partial charge in [0.2, 0.25) is 10.0 Å². The SMILES string of the molecule is Cc1cc(C)cc(OS(=O)(=O)c2ccc(S(N)(=O)=O)cc2)c1. The van der Waals surface area contributed by atoms with Crippen molar-refractivity contribution in [2.24, 2.45) is 5.14 Å². The Morgan fingerprint density at radius 3 is 1.73 bits per heavy atom. The number of sulfonamides is 1. The van der Waals surface area contributed by atoms with Crippen LogP contribution in [0.5, 0.6) is 5.75 Å². The minimum Gasteiger partial charge on any atom is -0.379 e. The molecular weight excluding hydrogens is 326 g/mol. The van der Waals surface area contributed by atoms with Crippen molar-refractivity contribution in [3.63, 3.8) is 0 Å². The van der Waals surface area contributed by atoms with Crippen molar-refractivity contribution in [2.75, 3.05) is 0 Å². The quantitative estimate of drug-likeness (QED) is 0.853. The summed E-state index contributed by atoms with van der Waals surface area (Å²) < 4.78 is 51.7. The number of hydrogen-bond donors (Lipinski definition) is 1. The third kappa shape index (κ3) is 3.85. The summed E-state index contributed by atoms with van der Waals surface area (Å²) in [5.41, 5.74) is 1.74. The van der Waals surface area contributed by atoms with Gasteiger partial charge in [0, 0.05) is 0 Å². The minimum atomic E-state index is -4.04. The zero-order chi connectivity index (χ0) is 16.5. The first-order valence-corrected chi connectivity index (χ1v) is 9.19. The van der Waals surface area contributed by atoms with Crippen molar-refractivity contribution in [1.29, 1.82) is 0 Å². The zero-order valence-electron chi connectivity index (χ0n) is 12.0. The maximum atomic E-state index is 12.2. The van der Waals surface area contributed by atoms with Crippen LogP contribution < -0.4 is 9.32 Å². The molecule has 0 aromatic heterocycles. The molecule has 2 rings (SSSR count). The summed E-state index contributed by atoms with van der Waals surface area (Å²) in [5.74, 6) is 0.202. The smallest absolute Gasteiger partial charge is 0.339 e. The molecule has 2 N–H and O–H groups in total. The molecule has 8 heteroatoms. The lowest BCUT2D eigenvalue weighted by Crippen LogP contribution is -2.13. The van der Waals surface area contributed by atoms with Gasteiger partial charge in [-0.25, -0.2) is 13.6 Å². The van der Waals surface area contributed by atoms with E-state index in [2.05, 4.69) is 0 Å². The molecule has 6 nitrogen and oxygen atoms in total. The van der Waals surface area contributed by atoms with Crippen LogP contribution in [-0.2, 0) is 20.1 Å². The molecular formula is C14H15NO5S2. The molecule has 0 aliphatic carbocycles. The summed E-state index contributed by atoms with van der Waals surface area (Å²) >= 11 is 0.